The van der Waals surface area contributed by atoms with Gasteiger partial charge in [0.05, 0.1) is 0 Å². The Morgan fingerprint density at radius 1 is 0.486 bits per heavy atom. The van der Waals surface area contributed by atoms with E-state index >= 15 is 0 Å². The lowest BCUT2D eigenvalue weighted by Crippen LogP contribution is -2.13. The molecule has 35 heavy (non-hydrogen) atoms. The number of fused-ring (bicyclic) bond motifs is 4. The Morgan fingerprint density at radius 3 is 2.00 bits per heavy atom. The molecule has 1 aliphatic rings. The minimum Gasteiger partial charge on any atom is -0.340 e. The van der Waals surface area contributed by atoms with Crippen LogP contribution in [0.4, 0.5) is 11.4 Å². The molecule has 0 aromatic heterocycles. The summed E-state index contributed by atoms with van der Waals surface area (Å²) in [4.78, 5) is 15.9. The number of hydrogen-bond donors (Lipinski definition) is 0. The molecule has 6 aromatic rings. The van der Waals surface area contributed by atoms with Gasteiger partial charge in [0.1, 0.15) is 0 Å². The summed E-state index contributed by atoms with van der Waals surface area (Å²) in [7, 11) is 0. The van der Waals surface area contributed by atoms with Crippen molar-refractivity contribution in [2.75, 3.05) is 11.4 Å². The molecule has 1 aliphatic heterocycles. The molecule has 0 radical (unpaired) electrons. The molecule has 6 aromatic carbocycles. The van der Waals surface area contributed by atoms with E-state index in [9.17, 15) is 4.79 Å². The van der Waals surface area contributed by atoms with Crippen molar-refractivity contribution in [3.05, 3.63) is 131 Å². The molecule has 0 amide bonds. The summed E-state index contributed by atoms with van der Waals surface area (Å²) < 4.78 is 0. The van der Waals surface area contributed by atoms with Gasteiger partial charge in [-0.1, -0.05) is 103 Å². The van der Waals surface area contributed by atoms with E-state index in [1.807, 2.05) is 36.4 Å². The number of para-hydroxylation sites is 1. The molecule has 0 saturated carbocycles. The second-order valence-electron chi connectivity index (χ2n) is 9.22. The number of rotatable bonds is 2. The molecule has 0 saturated heterocycles. The van der Waals surface area contributed by atoms with E-state index in [0.29, 0.717) is 0 Å². The van der Waals surface area contributed by atoms with Crippen molar-refractivity contribution in [2.45, 2.75) is 6.42 Å². The highest BCUT2D eigenvalue weighted by molar-refractivity contribution is 6.10. The fourth-order valence-corrected chi connectivity index (χ4v) is 5.70. The van der Waals surface area contributed by atoms with Crippen molar-refractivity contribution in [3.63, 3.8) is 0 Å². The van der Waals surface area contributed by atoms with Gasteiger partial charge in [-0.3, -0.25) is 4.79 Å². The first-order valence-electron chi connectivity index (χ1n) is 12.1. The SMILES string of the molecule is O=c1c2ccccc2ccc2c(-c3cccc4c(N5CCc6ccccc65)cccc34)cccc12. The van der Waals surface area contributed by atoms with Crippen LogP contribution in [0, 0.1) is 0 Å². The van der Waals surface area contributed by atoms with Crippen LogP contribution in [0.1, 0.15) is 5.56 Å². The summed E-state index contributed by atoms with van der Waals surface area (Å²) in [5, 5.41) is 5.89. The van der Waals surface area contributed by atoms with Gasteiger partial charge in [0.15, 0.2) is 5.43 Å². The van der Waals surface area contributed by atoms with Gasteiger partial charge in [-0.25, -0.2) is 0 Å². The van der Waals surface area contributed by atoms with Crippen LogP contribution < -0.4 is 10.3 Å². The van der Waals surface area contributed by atoms with Crippen LogP contribution in [-0.4, -0.2) is 6.54 Å². The zero-order valence-electron chi connectivity index (χ0n) is 19.2. The maximum Gasteiger partial charge on any atom is 0.194 e. The zero-order chi connectivity index (χ0) is 23.4. The molecule has 2 nitrogen and oxygen atoms in total. The van der Waals surface area contributed by atoms with E-state index in [1.54, 1.807) is 0 Å². The molecule has 166 valence electrons. The fraction of sp³-hybridized carbons (Fsp3) is 0.0606. The average Bonchev–Trinajstić information content (AvgIpc) is 3.28. The normalized spacial score (nSPS) is 13.0. The van der Waals surface area contributed by atoms with Crippen LogP contribution in [0.15, 0.2) is 120 Å². The van der Waals surface area contributed by atoms with Crippen LogP contribution in [0.3, 0.4) is 0 Å². The molecular weight excluding hydrogens is 426 g/mol. The summed E-state index contributed by atoms with van der Waals surface area (Å²) in [6.07, 6.45) is 1.06. The first-order chi connectivity index (χ1) is 17.3. The Kier molecular flexibility index (Phi) is 4.46. The molecule has 7 rings (SSSR count). The van der Waals surface area contributed by atoms with Gasteiger partial charge in [0.2, 0.25) is 0 Å². The summed E-state index contributed by atoms with van der Waals surface area (Å²) >= 11 is 0. The molecule has 0 N–H and O–H groups in total. The smallest absolute Gasteiger partial charge is 0.194 e. The van der Waals surface area contributed by atoms with Crippen molar-refractivity contribution in [2.24, 2.45) is 0 Å². The quantitative estimate of drug-likeness (QED) is 0.268. The summed E-state index contributed by atoms with van der Waals surface area (Å²) in [5.41, 5.74) is 6.25. The van der Waals surface area contributed by atoms with E-state index in [2.05, 4.69) is 83.8 Å². The van der Waals surface area contributed by atoms with Gasteiger partial charge in [0.25, 0.3) is 0 Å². The molecule has 0 atom stereocenters. The first kappa shape index (κ1) is 20.0. The highest BCUT2D eigenvalue weighted by atomic mass is 16.1. The maximum atomic E-state index is 13.5. The second kappa shape index (κ2) is 7.82. The van der Waals surface area contributed by atoms with E-state index in [1.165, 1.54) is 27.7 Å². The second-order valence-corrected chi connectivity index (χ2v) is 9.22. The third-order valence-electron chi connectivity index (χ3n) is 7.35. The number of anilines is 2. The number of nitrogens with zero attached hydrogens (tertiary/aromatic N) is 1. The van der Waals surface area contributed by atoms with Gasteiger partial charge in [-0.2, -0.15) is 0 Å². The predicted octanol–water partition coefficient (Wildman–Crippen LogP) is 7.87. The minimum absolute atomic E-state index is 0.0806. The summed E-state index contributed by atoms with van der Waals surface area (Å²) in [5.74, 6) is 0. The van der Waals surface area contributed by atoms with Gasteiger partial charge in [-0.15, -0.1) is 0 Å². The molecule has 0 aliphatic carbocycles. The van der Waals surface area contributed by atoms with E-state index in [-0.39, 0.29) is 5.43 Å². The van der Waals surface area contributed by atoms with Gasteiger partial charge in [0, 0.05) is 34.1 Å². The molecule has 1 heterocycles. The molecule has 0 spiro atoms. The van der Waals surface area contributed by atoms with Crippen molar-refractivity contribution < 1.29 is 0 Å². The van der Waals surface area contributed by atoms with E-state index < -0.39 is 0 Å². The highest BCUT2D eigenvalue weighted by Crippen LogP contribution is 2.41. The van der Waals surface area contributed by atoms with Crippen LogP contribution in [0.2, 0.25) is 0 Å². The molecule has 0 fully saturated rings. The van der Waals surface area contributed by atoms with E-state index in [0.717, 1.165) is 45.6 Å². The fourth-order valence-electron chi connectivity index (χ4n) is 5.70. The monoisotopic (exact) mass is 449 g/mol. The Bertz CT molecular complexity index is 1840. The Labute approximate surface area is 203 Å². The van der Waals surface area contributed by atoms with Crippen molar-refractivity contribution in [1.29, 1.82) is 0 Å². The third kappa shape index (κ3) is 3.07. The summed E-state index contributed by atoms with van der Waals surface area (Å²) in [6, 6.07) is 39.9. The zero-order valence-corrected chi connectivity index (χ0v) is 19.2. The standard InChI is InChI=1S/C33H23NO/c35-33-24-10-3-1-8-22(24)18-19-28-26(12-6-15-30(28)33)25-11-5-14-29-27(25)13-7-17-32(29)34-21-20-23-9-2-4-16-31(23)34/h1-19H,20-21H2. The Hall–Kier alpha value is -4.43. The molecule has 0 bridgehead atoms. The average molecular weight is 450 g/mol. The lowest BCUT2D eigenvalue weighted by atomic mass is 9.94. The minimum atomic E-state index is 0.0806. The van der Waals surface area contributed by atoms with Gasteiger partial charge < -0.3 is 4.90 Å². The highest BCUT2D eigenvalue weighted by Gasteiger charge is 2.22. The van der Waals surface area contributed by atoms with Crippen molar-refractivity contribution >= 4 is 43.7 Å². The Balaban J connectivity index is 1.49. The molecule has 2 heteroatoms. The maximum absolute atomic E-state index is 13.5. The predicted molar refractivity (Wildman–Crippen MR) is 148 cm³/mol. The topological polar surface area (TPSA) is 20.3 Å². The first-order valence-corrected chi connectivity index (χ1v) is 12.1. The largest absolute Gasteiger partial charge is 0.340 e. The molecular formula is C33H23NO. The van der Waals surface area contributed by atoms with Crippen molar-refractivity contribution in [1.82, 2.24) is 0 Å². The van der Waals surface area contributed by atoms with Crippen LogP contribution in [0.25, 0.3) is 43.4 Å². The lowest BCUT2D eigenvalue weighted by Gasteiger charge is -2.22. The molecule has 0 unspecified atom stereocenters. The van der Waals surface area contributed by atoms with Crippen molar-refractivity contribution in [3.8, 4) is 11.1 Å². The van der Waals surface area contributed by atoms with Gasteiger partial charge in [-0.05, 0) is 51.4 Å². The Morgan fingerprint density at radius 2 is 1.11 bits per heavy atom. The number of benzene rings is 5. The lowest BCUT2D eigenvalue weighted by molar-refractivity contribution is 1.00. The van der Waals surface area contributed by atoms with E-state index in [4.69, 9.17) is 0 Å². The summed E-state index contributed by atoms with van der Waals surface area (Å²) in [6.45, 7) is 0.985. The van der Waals surface area contributed by atoms with Crippen LogP contribution in [-0.2, 0) is 6.42 Å². The third-order valence-corrected chi connectivity index (χ3v) is 7.35. The van der Waals surface area contributed by atoms with Crippen LogP contribution in [0.5, 0.6) is 0 Å². The van der Waals surface area contributed by atoms with Crippen LogP contribution >= 0.6 is 0 Å². The number of hydrogen-bond acceptors (Lipinski definition) is 2. The van der Waals surface area contributed by atoms with Gasteiger partial charge >= 0.3 is 0 Å².